The van der Waals surface area contributed by atoms with Crippen LogP contribution in [0.2, 0.25) is 0 Å². The van der Waals surface area contributed by atoms with Gasteiger partial charge in [0.2, 0.25) is 0 Å². The molecular formula is C15H14N4O2S. The molecule has 0 saturated heterocycles. The number of hydrogen-bond donors (Lipinski definition) is 2. The third-order valence-electron chi connectivity index (χ3n) is 3.66. The van der Waals surface area contributed by atoms with E-state index in [9.17, 15) is 4.55 Å². The molecule has 0 amide bonds. The second-order valence-electron chi connectivity index (χ2n) is 5.13. The fourth-order valence-electron chi connectivity index (χ4n) is 2.59. The van der Waals surface area contributed by atoms with Crippen molar-refractivity contribution in [2.75, 3.05) is 0 Å². The van der Waals surface area contributed by atoms with Crippen molar-refractivity contribution >= 4 is 17.0 Å². The Morgan fingerprint density at radius 3 is 3.18 bits per heavy atom. The summed E-state index contributed by atoms with van der Waals surface area (Å²) in [6, 6.07) is 5.95. The highest BCUT2D eigenvalue weighted by Gasteiger charge is 2.15. The Balaban J connectivity index is 1.80. The number of allylic oxidation sites excluding steroid dienone is 3. The van der Waals surface area contributed by atoms with Gasteiger partial charge in [-0.2, -0.15) is 5.21 Å². The van der Waals surface area contributed by atoms with Gasteiger partial charge >= 0.3 is 0 Å². The van der Waals surface area contributed by atoms with E-state index in [1.807, 2.05) is 24.3 Å². The van der Waals surface area contributed by atoms with Crippen LogP contribution in [0.1, 0.15) is 24.2 Å². The van der Waals surface area contributed by atoms with Crippen molar-refractivity contribution in [2.45, 2.75) is 19.3 Å². The van der Waals surface area contributed by atoms with Crippen molar-refractivity contribution < 1.29 is 9.29 Å². The number of hydrogen-bond acceptors (Lipinski definition) is 5. The molecule has 1 unspecified atom stereocenters. The van der Waals surface area contributed by atoms with Gasteiger partial charge in [-0.05, 0) is 47.4 Å². The Kier molecular flexibility index (Phi) is 3.36. The quantitative estimate of drug-likeness (QED) is 0.830. The fraction of sp³-hybridized carbons (Fsp3) is 0.200. The van der Waals surface area contributed by atoms with E-state index >= 15 is 0 Å². The van der Waals surface area contributed by atoms with E-state index in [0.717, 1.165) is 38.8 Å². The number of tetrazole rings is 1. The van der Waals surface area contributed by atoms with Crippen LogP contribution in [0.3, 0.4) is 0 Å². The molecule has 0 spiro atoms. The number of aromatic amines is 1. The van der Waals surface area contributed by atoms with Crippen molar-refractivity contribution in [3.63, 3.8) is 0 Å². The molecule has 2 N–H and O–H groups in total. The van der Waals surface area contributed by atoms with Gasteiger partial charge in [0, 0.05) is 21.1 Å². The number of benzene rings is 1. The van der Waals surface area contributed by atoms with Crippen molar-refractivity contribution in [2.24, 2.45) is 0 Å². The lowest BCUT2D eigenvalue weighted by Crippen LogP contribution is -2.05. The molecule has 6 nitrogen and oxygen atoms in total. The van der Waals surface area contributed by atoms with Crippen LogP contribution in [-0.4, -0.2) is 25.2 Å². The Morgan fingerprint density at radius 2 is 2.32 bits per heavy atom. The summed E-state index contributed by atoms with van der Waals surface area (Å²) >= 11 is 0. The topological polar surface area (TPSA) is 83.9 Å². The van der Waals surface area contributed by atoms with Gasteiger partial charge in [0.15, 0.2) is 5.82 Å². The summed E-state index contributed by atoms with van der Waals surface area (Å²) in [7, 11) is -0.924. The predicted molar refractivity (Wildman–Crippen MR) is 83.1 cm³/mol. The molecule has 1 aliphatic carbocycles. The first-order chi connectivity index (χ1) is 10.8. The zero-order chi connectivity index (χ0) is 14.9. The molecule has 2 aliphatic rings. The lowest BCUT2D eigenvalue weighted by atomic mass is 10.1. The molecule has 4 rings (SSSR count). The average molecular weight is 314 g/mol. The van der Waals surface area contributed by atoms with E-state index in [2.05, 4.69) is 26.7 Å². The van der Waals surface area contributed by atoms with E-state index in [4.69, 9.17) is 4.74 Å². The van der Waals surface area contributed by atoms with Crippen LogP contribution in [0.15, 0.2) is 41.0 Å². The van der Waals surface area contributed by atoms with Crippen LogP contribution in [0.25, 0.3) is 6.26 Å². The van der Waals surface area contributed by atoms with Gasteiger partial charge in [0.05, 0.1) is 6.26 Å². The maximum absolute atomic E-state index is 10.7. The summed E-state index contributed by atoms with van der Waals surface area (Å²) in [5.74, 6) is 1.41. The number of fused-ring (bicyclic) bond motifs is 1. The molecule has 1 aromatic heterocycles. The number of aromatic nitrogens is 4. The monoisotopic (exact) mass is 314 g/mol. The summed E-state index contributed by atoms with van der Waals surface area (Å²) in [6.07, 6.45) is 8.09. The Labute approximate surface area is 129 Å². The van der Waals surface area contributed by atoms with E-state index < -0.39 is 10.8 Å². The van der Waals surface area contributed by atoms with Gasteiger partial charge < -0.3 is 9.29 Å². The highest BCUT2D eigenvalue weighted by molar-refractivity contribution is 8.07. The molecule has 7 heteroatoms. The molecule has 2 heterocycles. The first-order valence-electron chi connectivity index (χ1n) is 6.99. The average Bonchev–Trinajstić information content (AvgIpc) is 3.01. The van der Waals surface area contributed by atoms with E-state index in [-0.39, 0.29) is 0 Å². The molecule has 1 atom stereocenters. The van der Waals surface area contributed by atoms with Gasteiger partial charge in [-0.3, -0.25) is 0 Å². The molecule has 112 valence electrons. The molecule has 0 radical (unpaired) electrons. The lowest BCUT2D eigenvalue weighted by Gasteiger charge is -2.13. The fourth-order valence-corrected chi connectivity index (χ4v) is 4.00. The summed E-state index contributed by atoms with van der Waals surface area (Å²) in [5, 5.41) is 14.8. The second kappa shape index (κ2) is 5.51. The van der Waals surface area contributed by atoms with Crippen molar-refractivity contribution in [3.8, 4) is 0 Å². The summed E-state index contributed by atoms with van der Waals surface area (Å²) in [4.78, 5) is 0.975. The first kappa shape index (κ1) is 13.4. The Hall–Kier alpha value is -2.25. The third-order valence-corrected chi connectivity index (χ3v) is 5.32. The van der Waals surface area contributed by atoms with Crippen LogP contribution < -0.4 is 5.22 Å². The molecule has 0 saturated carbocycles. The van der Waals surface area contributed by atoms with E-state index in [1.165, 1.54) is 0 Å². The summed E-state index contributed by atoms with van der Waals surface area (Å²) < 4.78 is 17.3. The normalized spacial score (nSPS) is 19.8. The lowest BCUT2D eigenvalue weighted by molar-refractivity contribution is 0.415. The summed E-state index contributed by atoms with van der Waals surface area (Å²) in [6.45, 7) is 0. The second-order valence-corrected chi connectivity index (χ2v) is 6.63. The third kappa shape index (κ3) is 2.38. The molecular weight excluding hydrogens is 300 g/mol. The van der Waals surface area contributed by atoms with Gasteiger partial charge in [0.1, 0.15) is 5.76 Å². The van der Waals surface area contributed by atoms with Gasteiger partial charge in [-0.15, -0.1) is 10.2 Å². The number of nitrogens with one attached hydrogen (secondary N) is 1. The SMILES string of the molecule is OS1=c2ccc(Cc3nn[nH]n3)cc2=COC2=C1CCC=C2. The van der Waals surface area contributed by atoms with Crippen LogP contribution in [-0.2, 0) is 11.2 Å². The molecule has 0 bridgehead atoms. The minimum Gasteiger partial charge on any atom is -0.463 e. The van der Waals surface area contributed by atoms with Crippen LogP contribution in [0, 0.1) is 4.51 Å². The maximum atomic E-state index is 10.7. The van der Waals surface area contributed by atoms with Crippen molar-refractivity contribution in [1.82, 2.24) is 20.6 Å². The number of nitrogens with zero attached hydrogens (tertiary/aromatic N) is 3. The maximum Gasteiger partial charge on any atom is 0.178 e. The standard InChI is InChI=1S/C15H14N4O2S/c20-22-13-6-5-10(8-15-16-18-19-17-15)7-11(13)9-21-12-3-1-2-4-14(12)22/h1,3,5-7,9,20H,2,4,8H2,(H,16,17,18,19). The molecule has 0 fully saturated rings. The van der Waals surface area contributed by atoms with Gasteiger partial charge in [0.25, 0.3) is 0 Å². The molecule has 22 heavy (non-hydrogen) atoms. The molecule has 1 aliphatic heterocycles. The smallest absolute Gasteiger partial charge is 0.178 e. The summed E-state index contributed by atoms with van der Waals surface area (Å²) in [5.41, 5.74) is 1.05. The Bertz CT molecular complexity index is 900. The van der Waals surface area contributed by atoms with Gasteiger partial charge in [-0.1, -0.05) is 17.4 Å². The van der Waals surface area contributed by atoms with Crippen molar-refractivity contribution in [1.29, 1.82) is 0 Å². The highest BCUT2D eigenvalue weighted by Crippen LogP contribution is 2.35. The van der Waals surface area contributed by atoms with Crippen LogP contribution in [0.5, 0.6) is 0 Å². The largest absolute Gasteiger partial charge is 0.463 e. The zero-order valence-electron chi connectivity index (χ0n) is 11.7. The Morgan fingerprint density at radius 1 is 1.36 bits per heavy atom. The van der Waals surface area contributed by atoms with Gasteiger partial charge in [-0.25, -0.2) is 0 Å². The molecule has 1 aromatic carbocycles. The zero-order valence-corrected chi connectivity index (χ0v) is 12.5. The molecule has 2 aromatic rings. The van der Waals surface area contributed by atoms with E-state index in [1.54, 1.807) is 6.26 Å². The van der Waals surface area contributed by atoms with Crippen LogP contribution in [0.4, 0.5) is 0 Å². The number of H-pyrrole nitrogens is 1. The number of rotatable bonds is 2. The first-order valence-corrected chi connectivity index (χ1v) is 8.17. The van der Waals surface area contributed by atoms with Crippen molar-refractivity contribution in [3.05, 3.63) is 62.1 Å². The van der Waals surface area contributed by atoms with E-state index in [0.29, 0.717) is 12.2 Å². The van der Waals surface area contributed by atoms with Crippen LogP contribution >= 0.6 is 10.8 Å². The minimum absolute atomic E-state index is 0.587. The number of ether oxygens (including phenoxy) is 1. The minimum atomic E-state index is -0.924. The highest BCUT2D eigenvalue weighted by atomic mass is 32.2. The predicted octanol–water partition coefficient (Wildman–Crippen LogP) is 2.11.